The molecular weight excluding hydrogens is 389 g/mol. The van der Waals surface area contributed by atoms with E-state index in [-0.39, 0.29) is 23.8 Å². The standard InChI is InChI=1S/C19H25Cl2N3O3/c1-13(18(25)22-17-12-15(20)2-3-16(17)21)23-6-4-14(5-7-23)19(26)24-8-10-27-11-9-24/h2-3,12-14H,4-11H2,1H3,(H,22,25). The number of benzene rings is 1. The summed E-state index contributed by atoms with van der Waals surface area (Å²) in [6.45, 7) is 5.91. The van der Waals surface area contributed by atoms with Crippen LogP contribution in [0.5, 0.6) is 0 Å². The van der Waals surface area contributed by atoms with Crippen molar-refractivity contribution in [3.8, 4) is 0 Å². The van der Waals surface area contributed by atoms with E-state index in [4.69, 9.17) is 27.9 Å². The Bertz CT molecular complexity index is 687. The summed E-state index contributed by atoms with van der Waals surface area (Å²) in [5, 5.41) is 3.82. The molecule has 0 saturated carbocycles. The SMILES string of the molecule is CC(C(=O)Nc1cc(Cl)ccc1Cl)N1CCC(C(=O)N2CCOCC2)CC1. The van der Waals surface area contributed by atoms with Gasteiger partial charge < -0.3 is 15.0 Å². The van der Waals surface area contributed by atoms with Gasteiger partial charge in [0.2, 0.25) is 11.8 Å². The largest absolute Gasteiger partial charge is 0.378 e. The molecule has 0 aromatic heterocycles. The number of amides is 2. The van der Waals surface area contributed by atoms with Crippen LogP contribution >= 0.6 is 23.2 Å². The van der Waals surface area contributed by atoms with Crippen LogP contribution in [0.1, 0.15) is 19.8 Å². The Morgan fingerprint density at radius 1 is 1.15 bits per heavy atom. The van der Waals surface area contributed by atoms with Crippen molar-refractivity contribution >= 4 is 40.7 Å². The second-order valence-corrected chi connectivity index (χ2v) is 7.88. The predicted octanol–water partition coefficient (Wildman–Crippen LogP) is 2.89. The number of hydrogen-bond donors (Lipinski definition) is 1. The molecule has 1 atom stereocenters. The molecule has 0 aliphatic carbocycles. The fourth-order valence-electron chi connectivity index (χ4n) is 3.57. The number of carbonyl (C=O) groups excluding carboxylic acids is 2. The van der Waals surface area contributed by atoms with Crippen molar-refractivity contribution in [3.63, 3.8) is 0 Å². The lowest BCUT2D eigenvalue weighted by molar-refractivity contribution is -0.141. The van der Waals surface area contributed by atoms with Gasteiger partial charge in [-0.05, 0) is 51.1 Å². The molecule has 0 radical (unpaired) electrons. The van der Waals surface area contributed by atoms with Gasteiger partial charge in [0.25, 0.3) is 0 Å². The Kier molecular flexibility index (Phi) is 6.98. The molecule has 2 fully saturated rings. The second-order valence-electron chi connectivity index (χ2n) is 7.04. The molecule has 0 spiro atoms. The van der Waals surface area contributed by atoms with E-state index in [1.165, 1.54) is 0 Å². The first-order chi connectivity index (χ1) is 13.0. The molecule has 27 heavy (non-hydrogen) atoms. The predicted molar refractivity (Wildman–Crippen MR) is 106 cm³/mol. The number of carbonyl (C=O) groups is 2. The van der Waals surface area contributed by atoms with Crippen LogP contribution in [0.4, 0.5) is 5.69 Å². The highest BCUT2D eigenvalue weighted by atomic mass is 35.5. The lowest BCUT2D eigenvalue weighted by Crippen LogP contribution is -2.50. The number of hydrogen-bond acceptors (Lipinski definition) is 4. The lowest BCUT2D eigenvalue weighted by Gasteiger charge is -2.37. The van der Waals surface area contributed by atoms with Crippen molar-refractivity contribution in [2.24, 2.45) is 5.92 Å². The molecular formula is C19H25Cl2N3O3. The number of piperidine rings is 1. The summed E-state index contributed by atoms with van der Waals surface area (Å²) < 4.78 is 5.31. The molecule has 2 aliphatic rings. The monoisotopic (exact) mass is 413 g/mol. The minimum atomic E-state index is -0.306. The molecule has 0 bridgehead atoms. The fraction of sp³-hybridized carbons (Fsp3) is 0.579. The first kappa shape index (κ1) is 20.4. The highest BCUT2D eigenvalue weighted by molar-refractivity contribution is 6.35. The number of nitrogens with zero attached hydrogens (tertiary/aromatic N) is 2. The number of likely N-dealkylation sites (tertiary alicyclic amines) is 1. The number of rotatable bonds is 4. The minimum absolute atomic E-state index is 0.0389. The topological polar surface area (TPSA) is 61.9 Å². The number of halogens is 2. The van der Waals surface area contributed by atoms with Crippen LogP contribution in [-0.4, -0.2) is 67.0 Å². The van der Waals surface area contributed by atoms with Gasteiger partial charge in [0, 0.05) is 24.0 Å². The summed E-state index contributed by atoms with van der Waals surface area (Å²) in [4.78, 5) is 29.2. The van der Waals surface area contributed by atoms with Gasteiger partial charge in [-0.2, -0.15) is 0 Å². The number of morpholine rings is 1. The Hall–Kier alpha value is -1.34. The van der Waals surface area contributed by atoms with Gasteiger partial charge in [-0.15, -0.1) is 0 Å². The molecule has 1 aromatic carbocycles. The van der Waals surface area contributed by atoms with Crippen molar-refractivity contribution in [1.29, 1.82) is 0 Å². The third-order valence-corrected chi connectivity index (χ3v) is 5.88. The zero-order valence-corrected chi connectivity index (χ0v) is 16.9. The highest BCUT2D eigenvalue weighted by Gasteiger charge is 2.32. The highest BCUT2D eigenvalue weighted by Crippen LogP contribution is 2.26. The van der Waals surface area contributed by atoms with Gasteiger partial charge in [-0.25, -0.2) is 0 Å². The van der Waals surface area contributed by atoms with Gasteiger partial charge in [-0.1, -0.05) is 23.2 Å². The van der Waals surface area contributed by atoms with Gasteiger partial charge in [0.1, 0.15) is 0 Å². The fourth-order valence-corrected chi connectivity index (χ4v) is 3.91. The molecule has 2 aliphatic heterocycles. The smallest absolute Gasteiger partial charge is 0.241 e. The third-order valence-electron chi connectivity index (χ3n) is 5.31. The maximum Gasteiger partial charge on any atom is 0.241 e. The Balaban J connectivity index is 1.51. The lowest BCUT2D eigenvalue weighted by atomic mass is 9.94. The summed E-state index contributed by atoms with van der Waals surface area (Å²) in [6, 6.07) is 4.67. The van der Waals surface area contributed by atoms with E-state index < -0.39 is 0 Å². The van der Waals surface area contributed by atoms with E-state index in [9.17, 15) is 9.59 Å². The summed E-state index contributed by atoms with van der Waals surface area (Å²) >= 11 is 12.1. The second kappa shape index (κ2) is 9.24. The summed E-state index contributed by atoms with van der Waals surface area (Å²) in [5.74, 6) is 0.134. The average molecular weight is 414 g/mol. The summed E-state index contributed by atoms with van der Waals surface area (Å²) in [6.07, 6.45) is 1.54. The molecule has 2 saturated heterocycles. The molecule has 2 heterocycles. The van der Waals surface area contributed by atoms with Gasteiger partial charge in [0.15, 0.2) is 0 Å². The van der Waals surface area contributed by atoms with Crippen molar-refractivity contribution in [2.75, 3.05) is 44.7 Å². The molecule has 1 unspecified atom stereocenters. The maximum absolute atomic E-state index is 12.6. The van der Waals surface area contributed by atoms with Crippen molar-refractivity contribution in [1.82, 2.24) is 9.80 Å². The van der Waals surface area contributed by atoms with Crippen molar-refractivity contribution < 1.29 is 14.3 Å². The van der Waals surface area contributed by atoms with E-state index in [0.29, 0.717) is 42.0 Å². The van der Waals surface area contributed by atoms with Crippen molar-refractivity contribution in [3.05, 3.63) is 28.2 Å². The molecule has 6 nitrogen and oxygen atoms in total. The third kappa shape index (κ3) is 5.13. The Morgan fingerprint density at radius 2 is 1.81 bits per heavy atom. The quantitative estimate of drug-likeness (QED) is 0.823. The van der Waals surface area contributed by atoms with Crippen LogP contribution in [-0.2, 0) is 14.3 Å². The van der Waals surface area contributed by atoms with Gasteiger partial charge >= 0.3 is 0 Å². The number of anilines is 1. The van der Waals surface area contributed by atoms with E-state index in [2.05, 4.69) is 10.2 Å². The summed E-state index contributed by atoms with van der Waals surface area (Å²) in [5.41, 5.74) is 0.512. The zero-order chi connectivity index (χ0) is 19.4. The van der Waals surface area contributed by atoms with E-state index in [1.807, 2.05) is 11.8 Å². The van der Waals surface area contributed by atoms with Crippen LogP contribution in [0.15, 0.2) is 18.2 Å². The molecule has 8 heteroatoms. The van der Waals surface area contributed by atoms with E-state index in [0.717, 1.165) is 25.9 Å². The number of nitrogens with one attached hydrogen (secondary N) is 1. The zero-order valence-electron chi connectivity index (χ0n) is 15.4. The van der Waals surface area contributed by atoms with Crippen LogP contribution < -0.4 is 5.32 Å². The van der Waals surface area contributed by atoms with Gasteiger partial charge in [-0.3, -0.25) is 14.5 Å². The first-order valence-corrected chi connectivity index (χ1v) is 10.1. The maximum atomic E-state index is 12.6. The van der Waals surface area contributed by atoms with Crippen LogP contribution in [0.2, 0.25) is 10.0 Å². The molecule has 3 rings (SSSR count). The summed E-state index contributed by atoms with van der Waals surface area (Å²) in [7, 11) is 0. The van der Waals surface area contributed by atoms with Crippen LogP contribution in [0, 0.1) is 5.92 Å². The Labute approximate surface area is 169 Å². The van der Waals surface area contributed by atoms with Crippen LogP contribution in [0.3, 0.4) is 0 Å². The average Bonchev–Trinajstić information content (AvgIpc) is 2.70. The molecule has 2 amide bonds. The minimum Gasteiger partial charge on any atom is -0.378 e. The van der Waals surface area contributed by atoms with E-state index in [1.54, 1.807) is 18.2 Å². The van der Waals surface area contributed by atoms with E-state index >= 15 is 0 Å². The Morgan fingerprint density at radius 3 is 2.48 bits per heavy atom. The molecule has 1 aromatic rings. The van der Waals surface area contributed by atoms with Gasteiger partial charge in [0.05, 0.1) is 30.0 Å². The molecule has 148 valence electrons. The first-order valence-electron chi connectivity index (χ1n) is 9.32. The van der Waals surface area contributed by atoms with Crippen molar-refractivity contribution in [2.45, 2.75) is 25.8 Å². The van der Waals surface area contributed by atoms with Crippen LogP contribution in [0.25, 0.3) is 0 Å². The molecule has 1 N–H and O–H groups in total. The normalized spacial score (nSPS) is 20.3. The number of ether oxygens (including phenoxy) is 1.